The summed E-state index contributed by atoms with van der Waals surface area (Å²) in [4.78, 5) is 31.9. The summed E-state index contributed by atoms with van der Waals surface area (Å²) in [6.45, 7) is 6.08. The maximum atomic E-state index is 13.5. The number of benzene rings is 2. The first-order valence-corrected chi connectivity index (χ1v) is 12.2. The number of anilines is 3. The number of halogens is 1. The highest BCUT2D eigenvalue weighted by atomic mass is 35.5. The van der Waals surface area contributed by atoms with E-state index in [1.165, 1.54) is 10.3 Å². The Morgan fingerprint density at radius 1 is 0.944 bits per heavy atom. The fourth-order valence-electron chi connectivity index (χ4n) is 4.61. The zero-order valence-electron chi connectivity index (χ0n) is 20.0. The van der Waals surface area contributed by atoms with Gasteiger partial charge in [0.15, 0.2) is 5.65 Å². The van der Waals surface area contributed by atoms with Crippen LogP contribution in [0.1, 0.15) is 5.69 Å². The maximum Gasteiger partial charge on any atom is 0.270 e. The van der Waals surface area contributed by atoms with Gasteiger partial charge < -0.3 is 15.1 Å². The normalized spacial score (nSPS) is 14.6. The molecule has 0 amide bonds. The quantitative estimate of drug-likeness (QED) is 0.401. The zero-order chi connectivity index (χ0) is 24.8. The molecule has 1 aliphatic heterocycles. The first-order chi connectivity index (χ1) is 17.5. The molecule has 0 spiro atoms. The highest BCUT2D eigenvalue weighted by molar-refractivity contribution is 6.32. The minimum Gasteiger partial charge on any atom is -0.369 e. The third kappa shape index (κ3) is 3.86. The van der Waals surface area contributed by atoms with E-state index in [2.05, 4.69) is 44.3 Å². The van der Waals surface area contributed by atoms with Crippen LogP contribution in [0.3, 0.4) is 0 Å². The van der Waals surface area contributed by atoms with Crippen LogP contribution in [0.5, 0.6) is 0 Å². The monoisotopic (exact) mass is 500 g/mol. The molecule has 0 atom stereocenters. The van der Waals surface area contributed by atoms with Gasteiger partial charge in [0.2, 0.25) is 11.7 Å². The molecule has 10 heteroatoms. The van der Waals surface area contributed by atoms with E-state index in [1.54, 1.807) is 24.5 Å². The van der Waals surface area contributed by atoms with Crippen LogP contribution in [-0.4, -0.2) is 62.0 Å². The minimum absolute atomic E-state index is 0.278. The first kappa shape index (κ1) is 22.5. The van der Waals surface area contributed by atoms with Gasteiger partial charge >= 0.3 is 0 Å². The number of rotatable bonds is 4. The predicted molar refractivity (Wildman–Crippen MR) is 143 cm³/mol. The van der Waals surface area contributed by atoms with Gasteiger partial charge in [-0.05, 0) is 50.4 Å². The van der Waals surface area contributed by atoms with Gasteiger partial charge in [0.1, 0.15) is 5.39 Å². The van der Waals surface area contributed by atoms with Crippen molar-refractivity contribution >= 4 is 45.7 Å². The number of likely N-dealkylation sites (N-methyl/N-ethyl adjacent to an activating group) is 1. The molecule has 4 heterocycles. The Morgan fingerprint density at radius 2 is 1.69 bits per heavy atom. The molecule has 6 rings (SSSR count). The fraction of sp³-hybridized carbons (Fsp3) is 0.231. The zero-order valence-corrected chi connectivity index (χ0v) is 20.8. The second-order valence-corrected chi connectivity index (χ2v) is 9.43. The summed E-state index contributed by atoms with van der Waals surface area (Å²) in [5, 5.41) is 4.11. The van der Waals surface area contributed by atoms with Gasteiger partial charge in [-0.2, -0.15) is 4.98 Å². The Morgan fingerprint density at radius 3 is 2.44 bits per heavy atom. The van der Waals surface area contributed by atoms with Gasteiger partial charge in [0.25, 0.3) is 5.56 Å². The van der Waals surface area contributed by atoms with E-state index >= 15 is 0 Å². The largest absolute Gasteiger partial charge is 0.369 e. The van der Waals surface area contributed by atoms with Crippen LogP contribution in [0, 0.1) is 6.92 Å². The van der Waals surface area contributed by atoms with Crippen molar-refractivity contribution in [2.45, 2.75) is 6.92 Å². The first-order valence-electron chi connectivity index (χ1n) is 11.8. The number of aromatic nitrogens is 5. The van der Waals surface area contributed by atoms with E-state index in [0.717, 1.165) is 37.6 Å². The van der Waals surface area contributed by atoms with Crippen molar-refractivity contribution in [1.29, 1.82) is 0 Å². The molecule has 2 aromatic carbocycles. The summed E-state index contributed by atoms with van der Waals surface area (Å²) in [7, 11) is 2.15. The number of nitrogens with one attached hydrogen (secondary N) is 1. The molecular weight excluding hydrogens is 476 g/mol. The van der Waals surface area contributed by atoms with Gasteiger partial charge in [-0.1, -0.05) is 23.7 Å². The molecule has 1 aliphatic rings. The Kier molecular flexibility index (Phi) is 5.58. The number of imidazole rings is 1. The average Bonchev–Trinajstić information content (AvgIpc) is 3.27. The number of hydrogen-bond acceptors (Lipinski definition) is 7. The predicted octanol–water partition coefficient (Wildman–Crippen LogP) is 3.89. The highest BCUT2D eigenvalue weighted by Crippen LogP contribution is 2.24. The number of hydrogen-bond donors (Lipinski definition) is 1. The number of nitrogens with zero attached hydrogens (tertiary/aromatic N) is 7. The van der Waals surface area contributed by atoms with E-state index in [0.29, 0.717) is 33.5 Å². The second-order valence-electron chi connectivity index (χ2n) is 9.02. The van der Waals surface area contributed by atoms with Crippen LogP contribution < -0.4 is 15.8 Å². The third-order valence-corrected chi connectivity index (χ3v) is 6.94. The van der Waals surface area contributed by atoms with Crippen LogP contribution in [-0.2, 0) is 0 Å². The van der Waals surface area contributed by atoms with Gasteiger partial charge in [-0.15, -0.1) is 0 Å². The minimum atomic E-state index is -0.278. The molecule has 0 saturated carbocycles. The molecule has 5 aromatic rings. The summed E-state index contributed by atoms with van der Waals surface area (Å²) in [5.74, 6) is 0.846. The topological polar surface area (TPSA) is 83.6 Å². The van der Waals surface area contributed by atoms with E-state index < -0.39 is 0 Å². The van der Waals surface area contributed by atoms with Crippen LogP contribution in [0.4, 0.5) is 17.3 Å². The van der Waals surface area contributed by atoms with Crippen molar-refractivity contribution in [2.24, 2.45) is 0 Å². The van der Waals surface area contributed by atoms with Crippen molar-refractivity contribution in [1.82, 2.24) is 28.8 Å². The second kappa shape index (κ2) is 8.92. The number of para-hydroxylation sites is 1. The summed E-state index contributed by atoms with van der Waals surface area (Å²) in [6.07, 6.45) is 3.27. The van der Waals surface area contributed by atoms with E-state index in [1.807, 2.05) is 35.6 Å². The third-order valence-electron chi connectivity index (χ3n) is 6.62. The molecule has 36 heavy (non-hydrogen) atoms. The molecule has 0 unspecified atom stereocenters. The Balaban J connectivity index is 1.38. The summed E-state index contributed by atoms with van der Waals surface area (Å²) >= 11 is 6.43. The van der Waals surface area contributed by atoms with Crippen LogP contribution in [0.2, 0.25) is 5.02 Å². The molecule has 3 aromatic heterocycles. The van der Waals surface area contributed by atoms with Crippen molar-refractivity contribution in [3.05, 3.63) is 82.0 Å². The lowest BCUT2D eigenvalue weighted by Crippen LogP contribution is -2.44. The van der Waals surface area contributed by atoms with Gasteiger partial charge in [-0.25, -0.2) is 14.5 Å². The van der Waals surface area contributed by atoms with Crippen molar-refractivity contribution < 1.29 is 0 Å². The van der Waals surface area contributed by atoms with E-state index in [9.17, 15) is 4.79 Å². The Hall–Kier alpha value is -3.95. The van der Waals surface area contributed by atoms with Crippen molar-refractivity contribution in [2.75, 3.05) is 43.4 Å². The molecule has 1 fully saturated rings. The lowest BCUT2D eigenvalue weighted by Gasteiger charge is -2.34. The van der Waals surface area contributed by atoms with Gasteiger partial charge in [0, 0.05) is 49.4 Å². The Bertz CT molecular complexity index is 1630. The maximum absolute atomic E-state index is 13.5. The average molecular weight is 501 g/mol. The summed E-state index contributed by atoms with van der Waals surface area (Å²) in [5.41, 5.74) is 3.68. The van der Waals surface area contributed by atoms with Crippen molar-refractivity contribution in [3.8, 4) is 5.69 Å². The van der Waals surface area contributed by atoms with Crippen LogP contribution >= 0.6 is 11.6 Å². The Labute approximate surface area is 212 Å². The molecule has 0 bridgehead atoms. The van der Waals surface area contributed by atoms with E-state index in [-0.39, 0.29) is 5.56 Å². The SMILES string of the molecule is Cc1cnc2n(-c3ccccc3Cl)c(=O)c3cnc(Nc4ccc(N5CCN(C)CC5)cc4)nc3n12. The molecule has 0 aliphatic carbocycles. The number of piperazine rings is 1. The molecule has 0 radical (unpaired) electrons. The standard InChI is InChI=1S/C26H25ClN8O/c1-17-15-29-26-34(17)23-20(24(36)35(26)22-6-4-3-5-21(22)27)16-28-25(31-23)30-18-7-9-19(10-8-18)33-13-11-32(2)12-14-33/h3-10,15-16H,11-14H2,1-2H3,(H,28,30,31). The summed E-state index contributed by atoms with van der Waals surface area (Å²) < 4.78 is 3.36. The molecule has 1 saturated heterocycles. The van der Waals surface area contributed by atoms with Gasteiger partial charge in [-0.3, -0.25) is 9.20 Å². The molecule has 182 valence electrons. The highest BCUT2D eigenvalue weighted by Gasteiger charge is 2.19. The molecule has 1 N–H and O–H groups in total. The lowest BCUT2D eigenvalue weighted by molar-refractivity contribution is 0.313. The summed E-state index contributed by atoms with van der Waals surface area (Å²) in [6, 6.07) is 15.5. The van der Waals surface area contributed by atoms with Crippen LogP contribution in [0.15, 0.2) is 65.7 Å². The number of aryl methyl sites for hydroxylation is 1. The van der Waals surface area contributed by atoms with Crippen molar-refractivity contribution in [3.63, 3.8) is 0 Å². The molecular formula is C26H25ClN8O. The fourth-order valence-corrected chi connectivity index (χ4v) is 4.83. The van der Waals surface area contributed by atoms with Gasteiger partial charge in [0.05, 0.1) is 16.9 Å². The lowest BCUT2D eigenvalue weighted by atomic mass is 10.2. The molecule has 9 nitrogen and oxygen atoms in total. The smallest absolute Gasteiger partial charge is 0.270 e. The van der Waals surface area contributed by atoms with Crippen LogP contribution in [0.25, 0.3) is 22.5 Å². The van der Waals surface area contributed by atoms with E-state index in [4.69, 9.17) is 16.6 Å². The number of fused-ring (bicyclic) bond motifs is 3.